The fourth-order valence-electron chi connectivity index (χ4n) is 1.48. The van der Waals surface area contributed by atoms with Crippen molar-refractivity contribution in [2.24, 2.45) is 0 Å². The molecule has 0 saturated heterocycles. The van der Waals surface area contributed by atoms with E-state index in [9.17, 15) is 9.59 Å². The molecule has 5 heteroatoms. The summed E-state index contributed by atoms with van der Waals surface area (Å²) in [5.74, 6) is -0.112. The summed E-state index contributed by atoms with van der Waals surface area (Å²) in [6.07, 6.45) is 0. The number of nitrogens with zero attached hydrogens (tertiary/aromatic N) is 1. The predicted molar refractivity (Wildman–Crippen MR) is 72.7 cm³/mol. The van der Waals surface area contributed by atoms with Crippen LogP contribution in [0.25, 0.3) is 0 Å². The van der Waals surface area contributed by atoms with E-state index in [-0.39, 0.29) is 18.4 Å². The average molecular weight is 249 g/mol. The van der Waals surface area contributed by atoms with Gasteiger partial charge in [0.15, 0.2) is 0 Å². The van der Waals surface area contributed by atoms with E-state index < -0.39 is 0 Å². The fourth-order valence-corrected chi connectivity index (χ4v) is 1.48. The molecule has 0 aromatic heterocycles. The first kappa shape index (κ1) is 14.0. The molecule has 0 aliphatic rings. The lowest BCUT2D eigenvalue weighted by atomic mass is 10.1. The molecule has 0 aliphatic carbocycles. The predicted octanol–water partition coefficient (Wildman–Crippen LogP) is 1.45. The molecule has 5 nitrogen and oxygen atoms in total. The Morgan fingerprint density at radius 1 is 1.22 bits per heavy atom. The van der Waals surface area contributed by atoms with E-state index >= 15 is 0 Å². The maximum atomic E-state index is 11.5. The van der Waals surface area contributed by atoms with Gasteiger partial charge in [-0.25, -0.2) is 0 Å². The Balaban J connectivity index is 2.78. The number of anilines is 2. The molecule has 1 aromatic rings. The molecule has 0 heterocycles. The van der Waals surface area contributed by atoms with Crippen molar-refractivity contribution >= 4 is 23.2 Å². The van der Waals surface area contributed by atoms with E-state index in [0.29, 0.717) is 0 Å². The fraction of sp³-hybridized carbons (Fsp3) is 0.385. The molecule has 0 atom stereocenters. The Labute approximate surface area is 107 Å². The summed E-state index contributed by atoms with van der Waals surface area (Å²) in [7, 11) is 3.43. The second-order valence-corrected chi connectivity index (χ2v) is 4.30. The zero-order valence-electron chi connectivity index (χ0n) is 11.2. The third-order valence-corrected chi connectivity index (χ3v) is 2.57. The van der Waals surface area contributed by atoms with Gasteiger partial charge in [-0.1, -0.05) is 6.07 Å². The number of amides is 2. The van der Waals surface area contributed by atoms with Crippen LogP contribution in [0.15, 0.2) is 18.2 Å². The van der Waals surface area contributed by atoms with Crippen LogP contribution in [0.4, 0.5) is 11.4 Å². The van der Waals surface area contributed by atoms with Crippen LogP contribution in [0.3, 0.4) is 0 Å². The van der Waals surface area contributed by atoms with Gasteiger partial charge < -0.3 is 15.5 Å². The molecule has 0 aliphatic heterocycles. The second kappa shape index (κ2) is 6.05. The summed E-state index contributed by atoms with van der Waals surface area (Å²) >= 11 is 0. The minimum absolute atomic E-state index is 0.000620. The molecule has 2 N–H and O–H groups in total. The van der Waals surface area contributed by atoms with E-state index in [1.807, 2.05) is 25.1 Å². The van der Waals surface area contributed by atoms with Gasteiger partial charge in [-0.3, -0.25) is 9.59 Å². The summed E-state index contributed by atoms with van der Waals surface area (Å²) in [6, 6.07) is 5.54. The van der Waals surface area contributed by atoms with Crippen molar-refractivity contribution in [2.75, 3.05) is 31.3 Å². The Bertz CT molecular complexity index is 456. The molecule has 0 unspecified atom stereocenters. The van der Waals surface area contributed by atoms with Crippen LogP contribution < -0.4 is 10.6 Å². The molecular formula is C13H19N3O2. The average Bonchev–Trinajstić information content (AvgIpc) is 2.29. The molecule has 0 fully saturated rings. The van der Waals surface area contributed by atoms with E-state index in [4.69, 9.17) is 0 Å². The minimum atomic E-state index is -0.111. The number of hydrogen-bond acceptors (Lipinski definition) is 3. The highest BCUT2D eigenvalue weighted by molar-refractivity contribution is 5.91. The topological polar surface area (TPSA) is 61.4 Å². The van der Waals surface area contributed by atoms with Gasteiger partial charge in [-0.2, -0.15) is 0 Å². The lowest BCUT2D eigenvalue weighted by Crippen LogP contribution is -2.28. The van der Waals surface area contributed by atoms with Crippen LogP contribution in [0.5, 0.6) is 0 Å². The molecule has 0 bridgehead atoms. The highest BCUT2D eigenvalue weighted by Gasteiger charge is 2.07. The third kappa shape index (κ3) is 3.76. The number of carbonyl (C=O) groups is 2. The van der Waals surface area contributed by atoms with E-state index in [1.54, 1.807) is 14.1 Å². The van der Waals surface area contributed by atoms with Crippen LogP contribution >= 0.6 is 0 Å². The van der Waals surface area contributed by atoms with Gasteiger partial charge >= 0.3 is 0 Å². The number of hydrogen-bond donors (Lipinski definition) is 2. The third-order valence-electron chi connectivity index (χ3n) is 2.57. The maximum absolute atomic E-state index is 11.5. The van der Waals surface area contributed by atoms with Crippen molar-refractivity contribution in [3.63, 3.8) is 0 Å². The molecule has 0 saturated carbocycles. The van der Waals surface area contributed by atoms with Crippen molar-refractivity contribution in [1.29, 1.82) is 0 Å². The van der Waals surface area contributed by atoms with Crippen LogP contribution in [-0.4, -0.2) is 37.4 Å². The monoisotopic (exact) mass is 249 g/mol. The van der Waals surface area contributed by atoms with Gasteiger partial charge in [0, 0.05) is 32.4 Å². The Morgan fingerprint density at radius 2 is 1.83 bits per heavy atom. The highest BCUT2D eigenvalue weighted by atomic mass is 16.2. The molecular weight excluding hydrogens is 230 g/mol. The van der Waals surface area contributed by atoms with Gasteiger partial charge in [0.25, 0.3) is 0 Å². The van der Waals surface area contributed by atoms with Crippen molar-refractivity contribution in [2.45, 2.75) is 13.8 Å². The van der Waals surface area contributed by atoms with Crippen molar-refractivity contribution in [3.05, 3.63) is 23.8 Å². The lowest BCUT2D eigenvalue weighted by Gasteiger charge is -2.15. The molecule has 18 heavy (non-hydrogen) atoms. The molecule has 0 radical (unpaired) electrons. The molecule has 1 rings (SSSR count). The van der Waals surface area contributed by atoms with E-state index in [1.165, 1.54) is 11.8 Å². The number of benzene rings is 1. The summed E-state index contributed by atoms with van der Waals surface area (Å²) in [4.78, 5) is 24.1. The largest absolute Gasteiger partial charge is 0.376 e. The molecule has 2 amide bonds. The quantitative estimate of drug-likeness (QED) is 0.849. The molecule has 0 spiro atoms. The number of likely N-dealkylation sites (N-methyl/N-ethyl adjacent to an activating group) is 1. The van der Waals surface area contributed by atoms with Crippen molar-refractivity contribution < 1.29 is 9.59 Å². The summed E-state index contributed by atoms with van der Waals surface area (Å²) in [6.45, 7) is 3.60. The zero-order chi connectivity index (χ0) is 13.7. The van der Waals surface area contributed by atoms with Crippen molar-refractivity contribution in [3.8, 4) is 0 Å². The highest BCUT2D eigenvalue weighted by Crippen LogP contribution is 2.23. The number of nitrogens with one attached hydrogen (secondary N) is 2. The standard InChI is InChI=1S/C13H19N3O2/c1-9-11(14-8-13(18)16(3)4)6-5-7-12(9)15-10(2)17/h5-7,14H,8H2,1-4H3,(H,15,17). The van der Waals surface area contributed by atoms with Crippen LogP contribution in [0.2, 0.25) is 0 Å². The molecule has 98 valence electrons. The summed E-state index contributed by atoms with van der Waals surface area (Å²) in [5.41, 5.74) is 2.51. The number of carbonyl (C=O) groups excluding carboxylic acids is 2. The van der Waals surface area contributed by atoms with Gasteiger partial charge in [0.1, 0.15) is 0 Å². The Morgan fingerprint density at radius 3 is 2.39 bits per heavy atom. The SMILES string of the molecule is CC(=O)Nc1cccc(NCC(=O)N(C)C)c1C. The van der Waals surface area contributed by atoms with E-state index in [0.717, 1.165) is 16.9 Å². The number of rotatable bonds is 4. The van der Waals surface area contributed by atoms with Crippen molar-refractivity contribution in [1.82, 2.24) is 4.90 Å². The second-order valence-electron chi connectivity index (χ2n) is 4.30. The maximum Gasteiger partial charge on any atom is 0.241 e. The normalized spacial score (nSPS) is 9.78. The van der Waals surface area contributed by atoms with Crippen LogP contribution in [-0.2, 0) is 9.59 Å². The summed E-state index contributed by atoms with van der Waals surface area (Å²) < 4.78 is 0. The minimum Gasteiger partial charge on any atom is -0.376 e. The smallest absolute Gasteiger partial charge is 0.241 e. The lowest BCUT2D eigenvalue weighted by molar-refractivity contribution is -0.126. The van der Waals surface area contributed by atoms with E-state index in [2.05, 4.69) is 10.6 Å². The van der Waals surface area contributed by atoms with Gasteiger partial charge in [0.2, 0.25) is 11.8 Å². The van der Waals surface area contributed by atoms with Gasteiger partial charge in [-0.05, 0) is 24.6 Å². The first-order valence-corrected chi connectivity index (χ1v) is 5.73. The Kier molecular flexibility index (Phi) is 4.71. The Hall–Kier alpha value is -2.04. The first-order chi connectivity index (χ1) is 8.41. The first-order valence-electron chi connectivity index (χ1n) is 5.73. The van der Waals surface area contributed by atoms with Crippen LogP contribution in [0, 0.1) is 6.92 Å². The van der Waals surface area contributed by atoms with Gasteiger partial charge in [0.05, 0.1) is 6.54 Å². The van der Waals surface area contributed by atoms with Crippen LogP contribution in [0.1, 0.15) is 12.5 Å². The summed E-state index contributed by atoms with van der Waals surface area (Å²) in [5, 5.41) is 5.81. The zero-order valence-corrected chi connectivity index (χ0v) is 11.2. The molecule has 1 aromatic carbocycles. The van der Waals surface area contributed by atoms with Gasteiger partial charge in [-0.15, -0.1) is 0 Å².